The van der Waals surface area contributed by atoms with Gasteiger partial charge in [0.2, 0.25) is 0 Å². The molecule has 0 radical (unpaired) electrons. The van der Waals surface area contributed by atoms with Gasteiger partial charge >= 0.3 is 0 Å². The fourth-order valence-corrected chi connectivity index (χ4v) is 1.95. The minimum Gasteiger partial charge on any atom is -0.491 e. The Morgan fingerprint density at radius 1 is 1.28 bits per heavy atom. The molecule has 2 N–H and O–H groups in total. The summed E-state index contributed by atoms with van der Waals surface area (Å²) in [6.45, 7) is 9.42. The van der Waals surface area contributed by atoms with Gasteiger partial charge in [0, 0.05) is 12.0 Å². The zero-order valence-corrected chi connectivity index (χ0v) is 12.0. The van der Waals surface area contributed by atoms with E-state index in [0.717, 1.165) is 0 Å². The molecule has 3 heteroatoms. The molecule has 0 bridgehead atoms. The lowest BCUT2D eigenvalue weighted by Crippen LogP contribution is -2.42. The Hall–Kier alpha value is -1.09. The molecular formula is C15H24FNO. The minimum atomic E-state index is -1.55. The smallest absolute Gasteiger partial charge is 0.153 e. The molecule has 1 rings (SSSR count). The molecule has 0 aliphatic heterocycles. The molecule has 1 aromatic carbocycles. The topological polar surface area (TPSA) is 35.2 Å². The molecule has 0 aromatic heterocycles. The van der Waals surface area contributed by atoms with Crippen molar-refractivity contribution in [3.05, 3.63) is 29.8 Å². The molecule has 18 heavy (non-hydrogen) atoms. The molecule has 2 nitrogen and oxygen atoms in total. The van der Waals surface area contributed by atoms with E-state index < -0.39 is 11.1 Å². The van der Waals surface area contributed by atoms with Crippen LogP contribution in [0.5, 0.6) is 5.75 Å². The van der Waals surface area contributed by atoms with E-state index in [1.54, 1.807) is 12.1 Å². The Labute approximate surface area is 109 Å². The average Bonchev–Trinajstić information content (AvgIpc) is 2.25. The quantitative estimate of drug-likeness (QED) is 0.889. The molecule has 102 valence electrons. The van der Waals surface area contributed by atoms with Gasteiger partial charge in [-0.15, -0.1) is 0 Å². The van der Waals surface area contributed by atoms with Crippen molar-refractivity contribution in [2.45, 2.75) is 46.4 Å². The average molecular weight is 253 g/mol. The maximum absolute atomic E-state index is 15.1. The summed E-state index contributed by atoms with van der Waals surface area (Å²) in [6.07, 6.45) is 0.0711. The first-order valence-electron chi connectivity index (χ1n) is 6.37. The lowest BCUT2D eigenvalue weighted by atomic mass is 9.73. The number of nitrogens with two attached hydrogens (primary N) is 1. The highest BCUT2D eigenvalue weighted by Crippen LogP contribution is 2.43. The van der Waals surface area contributed by atoms with Crippen LogP contribution in [0.2, 0.25) is 0 Å². The molecule has 0 amide bonds. The van der Waals surface area contributed by atoms with Crippen LogP contribution in [0.4, 0.5) is 4.39 Å². The van der Waals surface area contributed by atoms with Gasteiger partial charge in [0.05, 0.1) is 6.10 Å². The van der Waals surface area contributed by atoms with Crippen molar-refractivity contribution in [2.75, 3.05) is 6.54 Å². The predicted molar refractivity (Wildman–Crippen MR) is 73.5 cm³/mol. The van der Waals surface area contributed by atoms with Gasteiger partial charge in [-0.2, -0.15) is 0 Å². The van der Waals surface area contributed by atoms with Crippen LogP contribution in [0, 0.1) is 5.41 Å². The van der Waals surface area contributed by atoms with E-state index in [9.17, 15) is 0 Å². The van der Waals surface area contributed by atoms with Crippen molar-refractivity contribution in [3.8, 4) is 5.75 Å². The highest BCUT2D eigenvalue weighted by atomic mass is 19.1. The Morgan fingerprint density at radius 2 is 1.89 bits per heavy atom. The van der Waals surface area contributed by atoms with E-state index in [1.165, 1.54) is 0 Å². The molecular weight excluding hydrogens is 229 g/mol. The summed E-state index contributed by atoms with van der Waals surface area (Å²) >= 11 is 0. The van der Waals surface area contributed by atoms with Crippen LogP contribution >= 0.6 is 0 Å². The summed E-state index contributed by atoms with van der Waals surface area (Å²) in [7, 11) is 0. The normalized spacial score (nSPS) is 15.6. The van der Waals surface area contributed by atoms with Crippen LogP contribution in [0.1, 0.15) is 40.2 Å². The van der Waals surface area contributed by atoms with E-state index in [0.29, 0.717) is 11.3 Å². The van der Waals surface area contributed by atoms with Crippen molar-refractivity contribution in [1.29, 1.82) is 0 Å². The highest BCUT2D eigenvalue weighted by molar-refractivity contribution is 5.34. The Balaban J connectivity index is 3.15. The molecule has 0 spiro atoms. The fourth-order valence-electron chi connectivity index (χ4n) is 1.95. The van der Waals surface area contributed by atoms with E-state index in [-0.39, 0.29) is 12.6 Å². The second kappa shape index (κ2) is 5.27. The monoisotopic (exact) mass is 253 g/mol. The largest absolute Gasteiger partial charge is 0.491 e. The van der Waals surface area contributed by atoms with Crippen LogP contribution in [0.25, 0.3) is 0 Å². The Bertz CT molecular complexity index is 398. The van der Waals surface area contributed by atoms with Crippen molar-refractivity contribution in [3.63, 3.8) is 0 Å². The highest BCUT2D eigenvalue weighted by Gasteiger charge is 2.43. The van der Waals surface area contributed by atoms with Crippen LogP contribution in [0.15, 0.2) is 24.3 Å². The first kappa shape index (κ1) is 15.0. The molecule has 0 aliphatic rings. The SMILES string of the molecule is CC(C)Oc1cccc(C(F)(CN)C(C)(C)C)c1. The number of hydrogen-bond acceptors (Lipinski definition) is 2. The molecule has 1 atom stereocenters. The first-order valence-corrected chi connectivity index (χ1v) is 6.37. The molecule has 0 saturated carbocycles. The van der Waals surface area contributed by atoms with Gasteiger partial charge in [-0.1, -0.05) is 32.9 Å². The fraction of sp³-hybridized carbons (Fsp3) is 0.600. The van der Waals surface area contributed by atoms with Gasteiger partial charge in [-0.25, -0.2) is 4.39 Å². The van der Waals surface area contributed by atoms with E-state index in [4.69, 9.17) is 10.5 Å². The zero-order chi connectivity index (χ0) is 14.0. The lowest BCUT2D eigenvalue weighted by Gasteiger charge is -2.37. The summed E-state index contributed by atoms with van der Waals surface area (Å²) in [5, 5.41) is 0. The third-order valence-corrected chi connectivity index (χ3v) is 3.13. The maximum atomic E-state index is 15.1. The van der Waals surface area contributed by atoms with Crippen LogP contribution in [-0.4, -0.2) is 12.6 Å². The minimum absolute atomic E-state index is 0.0400. The van der Waals surface area contributed by atoms with Gasteiger partial charge in [0.1, 0.15) is 5.75 Å². The second-order valence-electron chi connectivity index (χ2n) is 5.95. The summed E-state index contributed by atoms with van der Waals surface area (Å²) in [4.78, 5) is 0. The van der Waals surface area contributed by atoms with Crippen molar-refractivity contribution >= 4 is 0 Å². The zero-order valence-electron chi connectivity index (χ0n) is 12.0. The maximum Gasteiger partial charge on any atom is 0.153 e. The Morgan fingerprint density at radius 3 is 2.33 bits per heavy atom. The summed E-state index contributed by atoms with van der Waals surface area (Å²) in [5.74, 6) is 0.683. The summed E-state index contributed by atoms with van der Waals surface area (Å²) < 4.78 is 20.7. The molecule has 0 fully saturated rings. The van der Waals surface area contributed by atoms with E-state index in [2.05, 4.69) is 0 Å². The molecule has 0 aliphatic carbocycles. The third-order valence-electron chi connectivity index (χ3n) is 3.13. The second-order valence-corrected chi connectivity index (χ2v) is 5.95. The summed E-state index contributed by atoms with van der Waals surface area (Å²) in [6, 6.07) is 7.16. The molecule has 0 heterocycles. The standard InChI is InChI=1S/C15H24FNO/c1-11(2)18-13-8-6-7-12(9-13)15(16,10-17)14(3,4)5/h6-9,11H,10,17H2,1-5H3. The predicted octanol–water partition coefficient (Wildman–Crippen LogP) is 3.64. The van der Waals surface area contributed by atoms with Gasteiger partial charge in [-0.3, -0.25) is 0 Å². The van der Waals surface area contributed by atoms with Crippen LogP contribution in [-0.2, 0) is 5.67 Å². The van der Waals surface area contributed by atoms with Crippen LogP contribution in [0.3, 0.4) is 0 Å². The molecule has 0 saturated heterocycles. The first-order chi connectivity index (χ1) is 8.20. The third kappa shape index (κ3) is 3.02. The van der Waals surface area contributed by atoms with Gasteiger partial charge in [0.25, 0.3) is 0 Å². The van der Waals surface area contributed by atoms with Gasteiger partial charge in [0.15, 0.2) is 5.67 Å². The number of halogens is 1. The number of hydrogen-bond donors (Lipinski definition) is 1. The number of rotatable bonds is 4. The lowest BCUT2D eigenvalue weighted by molar-refractivity contribution is 0.0340. The molecule has 1 unspecified atom stereocenters. The van der Waals surface area contributed by atoms with Crippen molar-refractivity contribution in [2.24, 2.45) is 11.1 Å². The van der Waals surface area contributed by atoms with Crippen molar-refractivity contribution < 1.29 is 9.13 Å². The number of alkyl halides is 1. The van der Waals surface area contributed by atoms with Gasteiger partial charge in [-0.05, 0) is 31.5 Å². The van der Waals surface area contributed by atoms with E-state index >= 15 is 4.39 Å². The number of benzene rings is 1. The van der Waals surface area contributed by atoms with Gasteiger partial charge < -0.3 is 10.5 Å². The van der Waals surface area contributed by atoms with E-state index in [1.807, 2.05) is 46.8 Å². The summed E-state index contributed by atoms with van der Waals surface area (Å²) in [5.41, 5.74) is 4.13. The molecule has 1 aromatic rings. The Kier molecular flexibility index (Phi) is 4.38. The number of ether oxygens (including phenoxy) is 1. The van der Waals surface area contributed by atoms with Crippen LogP contribution < -0.4 is 10.5 Å². The van der Waals surface area contributed by atoms with Crippen molar-refractivity contribution in [1.82, 2.24) is 0 Å².